The zero-order valence-corrected chi connectivity index (χ0v) is 20.8. The molecule has 3 aromatic carbocycles. The third kappa shape index (κ3) is 6.68. The number of hydrogen-bond donors (Lipinski definition) is 1. The first-order valence-electron chi connectivity index (χ1n) is 10.3. The largest absolute Gasteiger partial charge is 0.490 e. The van der Waals surface area contributed by atoms with Gasteiger partial charge < -0.3 is 14.8 Å². The van der Waals surface area contributed by atoms with Crippen molar-refractivity contribution in [2.75, 3.05) is 11.9 Å². The number of nitriles is 1. The maximum Gasteiger partial charge on any atom is 0.266 e. The van der Waals surface area contributed by atoms with Gasteiger partial charge in [-0.2, -0.15) is 5.26 Å². The minimum Gasteiger partial charge on any atom is -0.490 e. The van der Waals surface area contributed by atoms with Crippen LogP contribution in [0.2, 0.25) is 15.1 Å². The predicted octanol–water partition coefficient (Wildman–Crippen LogP) is 7.48. The molecule has 0 bridgehead atoms. The van der Waals surface area contributed by atoms with Crippen LogP contribution >= 0.6 is 34.8 Å². The zero-order valence-electron chi connectivity index (χ0n) is 18.5. The average molecular weight is 516 g/mol. The number of ether oxygens (including phenoxy) is 2. The second-order valence-corrected chi connectivity index (χ2v) is 8.54. The molecule has 0 fully saturated rings. The Morgan fingerprint density at radius 3 is 2.38 bits per heavy atom. The second-order valence-electron chi connectivity index (χ2n) is 7.26. The minimum atomic E-state index is -0.551. The molecule has 34 heavy (non-hydrogen) atoms. The van der Waals surface area contributed by atoms with Crippen LogP contribution in [0, 0.1) is 18.3 Å². The lowest BCUT2D eigenvalue weighted by Crippen LogP contribution is -2.14. The van der Waals surface area contributed by atoms with Gasteiger partial charge in [0.25, 0.3) is 5.91 Å². The SMILES string of the molecule is CCOc1cc(/C=C(\C#N)C(=O)Nc2ccc(Cl)cc2C)cc(Cl)c1OCc1ccc(Cl)cc1. The van der Waals surface area contributed by atoms with Gasteiger partial charge in [-0.3, -0.25) is 4.79 Å². The van der Waals surface area contributed by atoms with E-state index in [1.165, 1.54) is 6.08 Å². The lowest BCUT2D eigenvalue weighted by atomic mass is 10.1. The highest BCUT2D eigenvalue weighted by Gasteiger charge is 2.15. The van der Waals surface area contributed by atoms with E-state index in [-0.39, 0.29) is 17.2 Å². The van der Waals surface area contributed by atoms with Crippen molar-refractivity contribution in [2.45, 2.75) is 20.5 Å². The van der Waals surface area contributed by atoms with Crippen molar-refractivity contribution in [1.82, 2.24) is 0 Å². The molecular weight excluding hydrogens is 495 g/mol. The molecule has 0 heterocycles. The van der Waals surface area contributed by atoms with Crippen LogP contribution < -0.4 is 14.8 Å². The highest BCUT2D eigenvalue weighted by atomic mass is 35.5. The van der Waals surface area contributed by atoms with Crippen molar-refractivity contribution >= 4 is 52.5 Å². The maximum atomic E-state index is 12.7. The van der Waals surface area contributed by atoms with Crippen LogP contribution in [-0.2, 0) is 11.4 Å². The summed E-state index contributed by atoms with van der Waals surface area (Å²) in [5, 5.41) is 13.8. The average Bonchev–Trinajstić information content (AvgIpc) is 2.80. The number of hydrogen-bond acceptors (Lipinski definition) is 4. The first-order chi connectivity index (χ1) is 16.3. The van der Waals surface area contributed by atoms with Gasteiger partial charge in [-0.25, -0.2) is 0 Å². The van der Waals surface area contributed by atoms with Gasteiger partial charge in [0.15, 0.2) is 11.5 Å². The number of carbonyl (C=O) groups is 1. The molecule has 1 amide bonds. The molecule has 1 N–H and O–H groups in total. The standard InChI is InChI=1S/C26H21Cl3N2O3/c1-3-33-24-13-18(12-22(29)25(24)34-15-17-4-6-20(27)7-5-17)11-19(14-30)26(32)31-23-9-8-21(28)10-16(23)2/h4-13H,3,15H2,1-2H3,(H,31,32)/b19-11+. The summed E-state index contributed by atoms with van der Waals surface area (Å²) >= 11 is 18.4. The van der Waals surface area contributed by atoms with E-state index in [9.17, 15) is 10.1 Å². The summed E-state index contributed by atoms with van der Waals surface area (Å²) in [6.07, 6.45) is 1.44. The summed E-state index contributed by atoms with van der Waals surface area (Å²) < 4.78 is 11.6. The molecule has 3 aromatic rings. The Morgan fingerprint density at radius 1 is 1.03 bits per heavy atom. The highest BCUT2D eigenvalue weighted by molar-refractivity contribution is 6.32. The van der Waals surface area contributed by atoms with Gasteiger partial charge in [0.1, 0.15) is 18.2 Å². The van der Waals surface area contributed by atoms with E-state index in [4.69, 9.17) is 44.3 Å². The molecule has 3 rings (SSSR count). The number of nitrogens with zero attached hydrogens (tertiary/aromatic N) is 1. The van der Waals surface area contributed by atoms with Crippen LogP contribution in [0.1, 0.15) is 23.6 Å². The summed E-state index contributed by atoms with van der Waals surface area (Å²) in [5.41, 5.74) is 2.68. The van der Waals surface area contributed by atoms with Crippen LogP contribution in [0.4, 0.5) is 5.69 Å². The molecular formula is C26H21Cl3N2O3. The molecule has 0 aromatic heterocycles. The number of nitrogens with one attached hydrogen (secondary N) is 1. The fourth-order valence-corrected chi connectivity index (χ4v) is 3.71. The first-order valence-corrected chi connectivity index (χ1v) is 11.5. The van der Waals surface area contributed by atoms with Crippen LogP contribution in [0.25, 0.3) is 6.08 Å². The van der Waals surface area contributed by atoms with Crippen LogP contribution in [0.3, 0.4) is 0 Å². The van der Waals surface area contributed by atoms with Gasteiger partial charge in [0.2, 0.25) is 0 Å². The van der Waals surface area contributed by atoms with Crippen molar-refractivity contribution in [3.05, 3.63) is 91.9 Å². The van der Waals surface area contributed by atoms with E-state index in [2.05, 4.69) is 5.32 Å². The van der Waals surface area contributed by atoms with E-state index in [0.717, 1.165) is 11.1 Å². The molecule has 0 saturated carbocycles. The number of halogens is 3. The number of anilines is 1. The van der Waals surface area contributed by atoms with E-state index < -0.39 is 5.91 Å². The third-order valence-electron chi connectivity index (χ3n) is 4.74. The maximum absolute atomic E-state index is 12.7. The molecule has 0 aliphatic rings. The molecule has 0 radical (unpaired) electrons. The Balaban J connectivity index is 1.85. The van der Waals surface area contributed by atoms with Gasteiger partial charge >= 0.3 is 0 Å². The number of amides is 1. The Hall–Kier alpha value is -3.17. The van der Waals surface area contributed by atoms with Gasteiger partial charge in [-0.15, -0.1) is 0 Å². The molecule has 0 spiro atoms. The monoisotopic (exact) mass is 514 g/mol. The Kier molecular flexibility index (Phi) is 8.84. The fourth-order valence-electron chi connectivity index (χ4n) is 3.08. The third-order valence-corrected chi connectivity index (χ3v) is 5.51. The molecule has 0 aliphatic carbocycles. The van der Waals surface area contributed by atoms with E-state index >= 15 is 0 Å². The number of rotatable bonds is 8. The summed E-state index contributed by atoms with van der Waals surface area (Å²) in [4.78, 5) is 12.7. The molecule has 5 nitrogen and oxygen atoms in total. The van der Waals surface area contributed by atoms with Gasteiger partial charge in [0.05, 0.1) is 11.6 Å². The molecule has 0 saturated heterocycles. The number of aryl methyl sites for hydroxylation is 1. The van der Waals surface area contributed by atoms with E-state index in [0.29, 0.717) is 39.4 Å². The van der Waals surface area contributed by atoms with E-state index in [1.807, 2.05) is 32.0 Å². The molecule has 0 unspecified atom stereocenters. The Morgan fingerprint density at radius 2 is 1.74 bits per heavy atom. The summed E-state index contributed by atoms with van der Waals surface area (Å²) in [7, 11) is 0. The van der Waals surface area contributed by atoms with Crippen molar-refractivity contribution in [3.63, 3.8) is 0 Å². The number of carbonyl (C=O) groups excluding carboxylic acids is 1. The van der Waals surface area contributed by atoms with Crippen LogP contribution in [-0.4, -0.2) is 12.5 Å². The molecule has 0 aliphatic heterocycles. The first kappa shape index (κ1) is 25.5. The van der Waals surface area contributed by atoms with Crippen LogP contribution in [0.5, 0.6) is 11.5 Å². The molecule has 0 atom stereocenters. The summed E-state index contributed by atoms with van der Waals surface area (Å²) in [6.45, 7) is 4.29. The lowest BCUT2D eigenvalue weighted by Gasteiger charge is -2.15. The fraction of sp³-hybridized carbons (Fsp3) is 0.154. The quantitative estimate of drug-likeness (QED) is 0.249. The molecule has 174 valence electrons. The van der Waals surface area contributed by atoms with Crippen molar-refractivity contribution in [1.29, 1.82) is 5.26 Å². The predicted molar refractivity (Wildman–Crippen MR) is 137 cm³/mol. The van der Waals surface area contributed by atoms with E-state index in [1.54, 1.807) is 42.5 Å². The minimum absolute atomic E-state index is 0.0947. The Labute approximate surface area is 213 Å². The van der Waals surface area contributed by atoms with Gasteiger partial charge in [-0.05, 0) is 79.1 Å². The van der Waals surface area contributed by atoms with Crippen molar-refractivity contribution in [3.8, 4) is 17.6 Å². The highest BCUT2D eigenvalue weighted by Crippen LogP contribution is 2.38. The summed E-state index contributed by atoms with van der Waals surface area (Å²) in [6, 6.07) is 17.6. The molecule has 8 heteroatoms. The smallest absolute Gasteiger partial charge is 0.266 e. The normalized spacial score (nSPS) is 11.0. The zero-order chi connectivity index (χ0) is 24.7. The summed E-state index contributed by atoms with van der Waals surface area (Å²) in [5.74, 6) is 0.224. The van der Waals surface area contributed by atoms with Gasteiger partial charge in [0, 0.05) is 15.7 Å². The van der Waals surface area contributed by atoms with Gasteiger partial charge in [-0.1, -0.05) is 46.9 Å². The van der Waals surface area contributed by atoms with Crippen LogP contribution in [0.15, 0.2) is 60.2 Å². The second kappa shape index (κ2) is 11.8. The topological polar surface area (TPSA) is 71.3 Å². The number of benzene rings is 3. The lowest BCUT2D eigenvalue weighted by molar-refractivity contribution is -0.112. The van der Waals surface area contributed by atoms with Crippen molar-refractivity contribution < 1.29 is 14.3 Å². The Bertz CT molecular complexity index is 1270. The van der Waals surface area contributed by atoms with Crippen molar-refractivity contribution in [2.24, 2.45) is 0 Å².